The minimum absolute atomic E-state index is 0.0238. The largest absolute Gasteiger partial charge is 0.453 e. The van der Waals surface area contributed by atoms with Crippen molar-refractivity contribution >= 4 is 17.4 Å². The molecule has 0 radical (unpaired) electrons. The molecule has 3 aromatic heterocycles. The summed E-state index contributed by atoms with van der Waals surface area (Å²) < 4.78 is 38.8. The molecular formula is C10H5F3N6S. The zero-order valence-electron chi connectivity index (χ0n) is 9.61. The van der Waals surface area contributed by atoms with Gasteiger partial charge in [0.1, 0.15) is 5.03 Å². The second kappa shape index (κ2) is 4.71. The van der Waals surface area contributed by atoms with Crippen LogP contribution >= 0.6 is 11.8 Å². The lowest BCUT2D eigenvalue weighted by atomic mass is 10.5. The number of rotatable bonds is 2. The number of alkyl halides is 3. The Labute approximate surface area is 114 Å². The standard InChI is InChI=1S/C10H5F3N6S/c11-10(12,13)8-17-16-6-2-3-7(18-19(6)8)20-9-14-4-1-5-15-9/h1-5H. The summed E-state index contributed by atoms with van der Waals surface area (Å²) in [4.78, 5) is 7.92. The maximum Gasteiger partial charge on any atom is 0.453 e. The summed E-state index contributed by atoms with van der Waals surface area (Å²) in [5.41, 5.74) is 0.0238. The van der Waals surface area contributed by atoms with E-state index >= 15 is 0 Å². The fourth-order valence-electron chi connectivity index (χ4n) is 1.43. The third-order valence-corrected chi connectivity index (χ3v) is 3.05. The predicted molar refractivity (Wildman–Crippen MR) is 61.9 cm³/mol. The molecule has 0 aliphatic carbocycles. The van der Waals surface area contributed by atoms with E-state index in [9.17, 15) is 13.2 Å². The van der Waals surface area contributed by atoms with Gasteiger partial charge in [0.25, 0.3) is 5.82 Å². The molecule has 0 aliphatic heterocycles. The molecule has 10 heteroatoms. The zero-order valence-corrected chi connectivity index (χ0v) is 10.4. The molecule has 0 N–H and O–H groups in total. The SMILES string of the molecule is FC(F)(F)c1nnc2ccc(Sc3ncccn3)nn12. The van der Waals surface area contributed by atoms with Crippen LogP contribution in [0.25, 0.3) is 5.65 Å². The van der Waals surface area contributed by atoms with Crippen LogP contribution in [0, 0.1) is 0 Å². The van der Waals surface area contributed by atoms with E-state index in [0.29, 0.717) is 14.7 Å². The number of aromatic nitrogens is 6. The summed E-state index contributed by atoms with van der Waals surface area (Å²) in [5, 5.41) is 11.1. The van der Waals surface area contributed by atoms with Gasteiger partial charge in [-0.05, 0) is 30.0 Å². The molecule has 0 spiro atoms. The Bertz CT molecular complexity index is 742. The first kappa shape index (κ1) is 12.8. The summed E-state index contributed by atoms with van der Waals surface area (Å²) in [6, 6.07) is 4.58. The van der Waals surface area contributed by atoms with E-state index < -0.39 is 12.0 Å². The van der Waals surface area contributed by atoms with Gasteiger partial charge >= 0.3 is 6.18 Å². The third-order valence-electron chi connectivity index (χ3n) is 2.23. The van der Waals surface area contributed by atoms with E-state index in [-0.39, 0.29) is 5.65 Å². The van der Waals surface area contributed by atoms with E-state index in [1.54, 1.807) is 6.07 Å². The van der Waals surface area contributed by atoms with Crippen LogP contribution in [-0.4, -0.2) is 29.8 Å². The van der Waals surface area contributed by atoms with E-state index in [1.165, 1.54) is 24.5 Å². The molecule has 0 aromatic carbocycles. The van der Waals surface area contributed by atoms with Gasteiger partial charge in [0.05, 0.1) is 0 Å². The lowest BCUT2D eigenvalue weighted by Crippen LogP contribution is -2.12. The summed E-state index contributed by atoms with van der Waals surface area (Å²) >= 11 is 1.05. The number of fused-ring (bicyclic) bond motifs is 1. The van der Waals surface area contributed by atoms with E-state index in [4.69, 9.17) is 0 Å². The molecule has 0 aliphatic rings. The van der Waals surface area contributed by atoms with Crippen LogP contribution < -0.4 is 0 Å². The second-order valence-electron chi connectivity index (χ2n) is 3.60. The molecule has 3 heterocycles. The average molecular weight is 298 g/mol. The highest BCUT2D eigenvalue weighted by molar-refractivity contribution is 7.99. The van der Waals surface area contributed by atoms with Gasteiger partial charge in [-0.15, -0.1) is 10.2 Å². The Balaban J connectivity index is 2.02. The maximum atomic E-state index is 12.7. The first-order valence-electron chi connectivity index (χ1n) is 5.28. The first-order chi connectivity index (χ1) is 9.54. The van der Waals surface area contributed by atoms with Crippen LogP contribution in [0.4, 0.5) is 13.2 Å². The van der Waals surface area contributed by atoms with Crippen LogP contribution in [0.2, 0.25) is 0 Å². The molecule has 0 atom stereocenters. The minimum atomic E-state index is -4.61. The zero-order chi connectivity index (χ0) is 14.2. The van der Waals surface area contributed by atoms with Crippen molar-refractivity contribution in [3.63, 3.8) is 0 Å². The van der Waals surface area contributed by atoms with E-state index in [1.807, 2.05) is 0 Å². The molecule has 0 saturated carbocycles. The molecule has 20 heavy (non-hydrogen) atoms. The average Bonchev–Trinajstić information content (AvgIpc) is 2.83. The molecule has 0 saturated heterocycles. The first-order valence-corrected chi connectivity index (χ1v) is 6.10. The summed E-state index contributed by atoms with van der Waals surface area (Å²) in [6.07, 6.45) is -1.54. The Morgan fingerprint density at radius 2 is 1.80 bits per heavy atom. The smallest absolute Gasteiger partial charge is 0.231 e. The second-order valence-corrected chi connectivity index (χ2v) is 4.58. The molecule has 0 unspecified atom stereocenters. The van der Waals surface area contributed by atoms with Crippen molar-refractivity contribution in [2.75, 3.05) is 0 Å². The molecular weight excluding hydrogens is 293 g/mol. The quantitative estimate of drug-likeness (QED) is 0.675. The minimum Gasteiger partial charge on any atom is -0.231 e. The lowest BCUT2D eigenvalue weighted by Gasteiger charge is -2.04. The summed E-state index contributed by atoms with van der Waals surface area (Å²) in [5.74, 6) is -1.16. The van der Waals surface area contributed by atoms with Gasteiger partial charge in [-0.25, -0.2) is 9.97 Å². The normalized spacial score (nSPS) is 11.9. The lowest BCUT2D eigenvalue weighted by molar-refractivity contribution is -0.146. The van der Waals surface area contributed by atoms with Crippen molar-refractivity contribution < 1.29 is 13.2 Å². The molecule has 3 rings (SSSR count). The Morgan fingerprint density at radius 3 is 2.50 bits per heavy atom. The summed E-state index contributed by atoms with van der Waals surface area (Å²) in [6.45, 7) is 0. The van der Waals surface area contributed by atoms with Crippen LogP contribution in [0.15, 0.2) is 40.8 Å². The van der Waals surface area contributed by atoms with Crippen LogP contribution in [0.3, 0.4) is 0 Å². The molecule has 0 amide bonds. The van der Waals surface area contributed by atoms with Gasteiger partial charge in [0, 0.05) is 12.4 Å². The molecule has 0 fully saturated rings. The highest BCUT2D eigenvalue weighted by atomic mass is 32.2. The third kappa shape index (κ3) is 2.41. The van der Waals surface area contributed by atoms with Crippen molar-refractivity contribution in [3.05, 3.63) is 36.4 Å². The molecule has 3 aromatic rings. The highest BCUT2D eigenvalue weighted by Gasteiger charge is 2.37. The van der Waals surface area contributed by atoms with E-state index in [0.717, 1.165) is 11.8 Å². The Kier molecular flexibility index (Phi) is 3.01. The van der Waals surface area contributed by atoms with Gasteiger partial charge < -0.3 is 0 Å². The predicted octanol–water partition coefficient (Wildman–Crippen LogP) is 2.08. The monoisotopic (exact) mass is 298 g/mol. The number of nitrogens with zero attached hydrogens (tertiary/aromatic N) is 6. The molecule has 0 bridgehead atoms. The van der Waals surface area contributed by atoms with Gasteiger partial charge in [-0.3, -0.25) is 0 Å². The van der Waals surface area contributed by atoms with Crippen molar-refractivity contribution in [1.82, 2.24) is 29.8 Å². The van der Waals surface area contributed by atoms with Crippen molar-refractivity contribution in [1.29, 1.82) is 0 Å². The van der Waals surface area contributed by atoms with Crippen molar-refractivity contribution in [2.24, 2.45) is 0 Å². The Hall–Kier alpha value is -2.23. The Morgan fingerprint density at radius 1 is 1.05 bits per heavy atom. The van der Waals surface area contributed by atoms with Gasteiger partial charge in [-0.2, -0.15) is 22.8 Å². The fourth-order valence-corrected chi connectivity index (χ4v) is 2.11. The van der Waals surface area contributed by atoms with Crippen LogP contribution in [-0.2, 0) is 6.18 Å². The highest BCUT2D eigenvalue weighted by Crippen LogP contribution is 2.28. The topological polar surface area (TPSA) is 68.9 Å². The number of hydrogen-bond donors (Lipinski definition) is 0. The molecule has 102 valence electrons. The van der Waals surface area contributed by atoms with Gasteiger partial charge in [0.2, 0.25) is 0 Å². The van der Waals surface area contributed by atoms with E-state index in [2.05, 4.69) is 25.3 Å². The van der Waals surface area contributed by atoms with Crippen LogP contribution in [0.5, 0.6) is 0 Å². The maximum absolute atomic E-state index is 12.7. The summed E-state index contributed by atoms with van der Waals surface area (Å²) in [7, 11) is 0. The number of hydrogen-bond acceptors (Lipinski definition) is 6. The van der Waals surface area contributed by atoms with Gasteiger partial charge in [-0.1, -0.05) is 0 Å². The number of halogens is 3. The van der Waals surface area contributed by atoms with Crippen LogP contribution in [0.1, 0.15) is 5.82 Å². The van der Waals surface area contributed by atoms with Crippen molar-refractivity contribution in [2.45, 2.75) is 16.4 Å². The van der Waals surface area contributed by atoms with Gasteiger partial charge in [0.15, 0.2) is 10.8 Å². The van der Waals surface area contributed by atoms with Crippen molar-refractivity contribution in [3.8, 4) is 0 Å². The fraction of sp³-hybridized carbons (Fsp3) is 0.100. The molecule has 6 nitrogen and oxygen atoms in total.